The topological polar surface area (TPSA) is 28.2 Å². The first kappa shape index (κ1) is 15.8. The molecule has 0 aliphatic heterocycles. The highest BCUT2D eigenvalue weighted by Gasteiger charge is 2.09. The normalized spacial score (nSPS) is 10.6. The molecule has 0 saturated carbocycles. The Morgan fingerprint density at radius 2 is 1.95 bits per heavy atom. The molecule has 0 unspecified atom stereocenters. The molecule has 2 rings (SSSR count). The van der Waals surface area contributed by atoms with Crippen molar-refractivity contribution < 1.29 is 0 Å². The second-order valence-electron chi connectivity index (χ2n) is 5.17. The van der Waals surface area contributed by atoms with E-state index in [0.717, 1.165) is 31.2 Å². The number of hydrogen-bond donors (Lipinski definition) is 1. The molecular formula is C17H25N3S. The molecule has 1 N–H and O–H groups in total. The van der Waals surface area contributed by atoms with E-state index in [9.17, 15) is 0 Å². The van der Waals surface area contributed by atoms with Gasteiger partial charge in [-0.2, -0.15) is 0 Å². The van der Waals surface area contributed by atoms with E-state index in [4.69, 9.17) is 0 Å². The van der Waals surface area contributed by atoms with Crippen LogP contribution in [0.3, 0.4) is 0 Å². The number of nitrogens with one attached hydrogen (secondary N) is 1. The lowest BCUT2D eigenvalue weighted by molar-refractivity contribution is 0.719. The molecule has 21 heavy (non-hydrogen) atoms. The zero-order valence-electron chi connectivity index (χ0n) is 13.0. The van der Waals surface area contributed by atoms with Crippen LogP contribution in [0.15, 0.2) is 36.5 Å². The van der Waals surface area contributed by atoms with Gasteiger partial charge in [-0.25, -0.2) is 4.98 Å². The zero-order valence-corrected chi connectivity index (χ0v) is 13.8. The molecule has 114 valence electrons. The number of aromatic nitrogens is 1. The molecule has 0 fully saturated rings. The third-order valence-corrected chi connectivity index (χ3v) is 4.27. The highest BCUT2D eigenvalue weighted by atomic mass is 32.1. The molecular weight excluding hydrogens is 278 g/mol. The zero-order chi connectivity index (χ0) is 14.9. The maximum atomic E-state index is 4.46. The molecule has 0 spiro atoms. The van der Waals surface area contributed by atoms with Crippen molar-refractivity contribution in [2.24, 2.45) is 0 Å². The van der Waals surface area contributed by atoms with Crippen LogP contribution in [0.2, 0.25) is 0 Å². The fourth-order valence-corrected chi connectivity index (χ4v) is 3.02. The first-order chi connectivity index (χ1) is 10.3. The van der Waals surface area contributed by atoms with Gasteiger partial charge in [0.1, 0.15) is 0 Å². The van der Waals surface area contributed by atoms with Crippen molar-refractivity contribution in [1.29, 1.82) is 0 Å². The van der Waals surface area contributed by atoms with E-state index >= 15 is 0 Å². The molecule has 0 saturated heterocycles. The van der Waals surface area contributed by atoms with E-state index in [0.29, 0.717) is 0 Å². The van der Waals surface area contributed by atoms with Gasteiger partial charge >= 0.3 is 0 Å². The monoisotopic (exact) mass is 303 g/mol. The van der Waals surface area contributed by atoms with E-state index in [2.05, 4.69) is 59.4 Å². The average molecular weight is 303 g/mol. The summed E-state index contributed by atoms with van der Waals surface area (Å²) in [6.45, 7) is 7.43. The molecule has 0 bridgehead atoms. The van der Waals surface area contributed by atoms with Crippen molar-refractivity contribution in [2.45, 2.75) is 39.7 Å². The molecule has 0 amide bonds. The first-order valence-corrected chi connectivity index (χ1v) is 8.63. The van der Waals surface area contributed by atoms with Crippen LogP contribution in [0, 0.1) is 0 Å². The number of benzene rings is 1. The van der Waals surface area contributed by atoms with Crippen molar-refractivity contribution >= 4 is 22.2 Å². The Bertz CT molecular complexity index is 510. The van der Waals surface area contributed by atoms with Gasteiger partial charge in [-0.05, 0) is 25.0 Å². The van der Waals surface area contributed by atoms with Gasteiger partial charge in [-0.15, -0.1) is 11.3 Å². The van der Waals surface area contributed by atoms with Crippen LogP contribution >= 0.6 is 11.3 Å². The molecule has 0 aliphatic rings. The standard InChI is InChI=1S/C17H25N3S/c1-3-5-12-20(15-9-7-6-8-10-15)14-16-13-19-17(21-16)18-11-4-2/h6-10,13H,3-5,11-12,14H2,1-2H3,(H,18,19). The average Bonchev–Trinajstić information content (AvgIpc) is 2.97. The maximum Gasteiger partial charge on any atom is 0.182 e. The van der Waals surface area contributed by atoms with Crippen LogP contribution < -0.4 is 10.2 Å². The summed E-state index contributed by atoms with van der Waals surface area (Å²) < 4.78 is 0. The number of thiazole rings is 1. The van der Waals surface area contributed by atoms with Crippen molar-refractivity contribution in [2.75, 3.05) is 23.3 Å². The van der Waals surface area contributed by atoms with E-state index in [1.807, 2.05) is 6.20 Å². The van der Waals surface area contributed by atoms with Gasteiger partial charge in [0.05, 0.1) is 6.54 Å². The summed E-state index contributed by atoms with van der Waals surface area (Å²) >= 11 is 1.77. The third kappa shape index (κ3) is 5.05. The number of rotatable bonds is 9. The Hall–Kier alpha value is -1.55. The smallest absolute Gasteiger partial charge is 0.182 e. The summed E-state index contributed by atoms with van der Waals surface area (Å²) in [5, 5.41) is 4.40. The van der Waals surface area contributed by atoms with Gasteiger partial charge in [0.15, 0.2) is 5.13 Å². The molecule has 3 nitrogen and oxygen atoms in total. The van der Waals surface area contributed by atoms with Gasteiger partial charge in [0, 0.05) is 29.9 Å². The van der Waals surface area contributed by atoms with E-state index in [-0.39, 0.29) is 0 Å². The number of anilines is 2. The Kier molecular flexibility index (Phi) is 6.54. The minimum absolute atomic E-state index is 0.940. The maximum absolute atomic E-state index is 4.46. The lowest BCUT2D eigenvalue weighted by atomic mass is 10.2. The van der Waals surface area contributed by atoms with Crippen LogP contribution in [-0.2, 0) is 6.54 Å². The fourth-order valence-electron chi connectivity index (χ4n) is 2.17. The molecule has 1 aromatic carbocycles. The second-order valence-corrected chi connectivity index (χ2v) is 6.28. The summed E-state index contributed by atoms with van der Waals surface area (Å²) in [5.41, 5.74) is 1.29. The van der Waals surface area contributed by atoms with Crippen LogP contribution in [0.4, 0.5) is 10.8 Å². The van der Waals surface area contributed by atoms with Crippen LogP contribution in [0.5, 0.6) is 0 Å². The predicted octanol–water partition coefficient (Wildman–Crippen LogP) is 4.77. The van der Waals surface area contributed by atoms with Crippen LogP contribution in [0.25, 0.3) is 0 Å². The fraction of sp³-hybridized carbons (Fsp3) is 0.471. The van der Waals surface area contributed by atoms with Gasteiger partial charge in [0.25, 0.3) is 0 Å². The van der Waals surface area contributed by atoms with E-state index < -0.39 is 0 Å². The van der Waals surface area contributed by atoms with Crippen molar-refractivity contribution in [3.63, 3.8) is 0 Å². The minimum Gasteiger partial charge on any atom is -0.366 e. The largest absolute Gasteiger partial charge is 0.366 e. The Labute approximate surface area is 132 Å². The predicted molar refractivity (Wildman–Crippen MR) is 93.3 cm³/mol. The third-order valence-electron chi connectivity index (χ3n) is 3.33. The number of nitrogens with zero attached hydrogens (tertiary/aromatic N) is 2. The van der Waals surface area contributed by atoms with Crippen molar-refractivity contribution in [1.82, 2.24) is 4.98 Å². The van der Waals surface area contributed by atoms with Crippen LogP contribution in [-0.4, -0.2) is 18.1 Å². The van der Waals surface area contributed by atoms with E-state index in [1.54, 1.807) is 11.3 Å². The van der Waals surface area contributed by atoms with Crippen LogP contribution in [0.1, 0.15) is 38.0 Å². The summed E-state index contributed by atoms with van der Waals surface area (Å²) in [6, 6.07) is 10.7. The summed E-state index contributed by atoms with van der Waals surface area (Å²) in [7, 11) is 0. The molecule has 4 heteroatoms. The van der Waals surface area contributed by atoms with Gasteiger partial charge in [0.2, 0.25) is 0 Å². The summed E-state index contributed by atoms with van der Waals surface area (Å²) in [5.74, 6) is 0. The highest BCUT2D eigenvalue weighted by Crippen LogP contribution is 2.23. The molecule has 0 atom stereocenters. The molecule has 0 radical (unpaired) electrons. The number of unbranched alkanes of at least 4 members (excludes halogenated alkanes) is 1. The number of para-hydroxylation sites is 1. The van der Waals surface area contributed by atoms with Crippen molar-refractivity contribution in [3.8, 4) is 0 Å². The molecule has 1 heterocycles. The lowest BCUT2D eigenvalue weighted by Gasteiger charge is -2.24. The summed E-state index contributed by atoms with van der Waals surface area (Å²) in [6.07, 6.45) is 5.57. The lowest BCUT2D eigenvalue weighted by Crippen LogP contribution is -2.23. The van der Waals surface area contributed by atoms with Gasteiger partial charge in [-0.1, -0.05) is 38.5 Å². The molecule has 0 aliphatic carbocycles. The van der Waals surface area contributed by atoms with Gasteiger partial charge < -0.3 is 10.2 Å². The Balaban J connectivity index is 2.02. The Morgan fingerprint density at radius 1 is 1.14 bits per heavy atom. The molecule has 2 aromatic rings. The minimum atomic E-state index is 0.940. The Morgan fingerprint density at radius 3 is 2.67 bits per heavy atom. The second kappa shape index (κ2) is 8.67. The number of hydrogen-bond acceptors (Lipinski definition) is 4. The quantitative estimate of drug-likeness (QED) is 0.723. The molecule has 1 aromatic heterocycles. The SMILES string of the molecule is CCCCN(Cc1cnc(NCCC)s1)c1ccccc1. The first-order valence-electron chi connectivity index (χ1n) is 7.82. The van der Waals surface area contributed by atoms with Gasteiger partial charge in [-0.3, -0.25) is 0 Å². The summed E-state index contributed by atoms with van der Waals surface area (Å²) in [4.78, 5) is 8.22. The van der Waals surface area contributed by atoms with E-state index in [1.165, 1.54) is 23.4 Å². The van der Waals surface area contributed by atoms with Crippen molar-refractivity contribution in [3.05, 3.63) is 41.4 Å². The highest BCUT2D eigenvalue weighted by molar-refractivity contribution is 7.15.